The molecule has 0 radical (unpaired) electrons. The lowest BCUT2D eigenvalue weighted by molar-refractivity contribution is 0.405. The lowest BCUT2D eigenvalue weighted by Gasteiger charge is -2.04. The number of nitrogens with zero attached hydrogens (tertiary/aromatic N) is 1. The molecule has 0 saturated heterocycles. The maximum Gasteiger partial charge on any atom is 0.235 e. The Labute approximate surface area is 79.0 Å². The number of methoxy groups -OCH3 is 1. The average Bonchev–Trinajstić information content (AvgIpc) is 2.16. The maximum atomic E-state index is 13.1. The second kappa shape index (κ2) is 4.48. The summed E-state index contributed by atoms with van der Waals surface area (Å²) in [6, 6.07) is 2.05. The highest BCUT2D eigenvalue weighted by atomic mass is 19.1. The molecule has 0 amide bonds. The fourth-order valence-corrected chi connectivity index (χ4v) is 0.960. The fourth-order valence-electron chi connectivity index (χ4n) is 0.960. The third-order valence-electron chi connectivity index (χ3n) is 1.65. The molecule has 0 aliphatic heterocycles. The summed E-state index contributed by atoms with van der Waals surface area (Å²) < 4.78 is 30.9. The van der Waals surface area contributed by atoms with Crippen molar-refractivity contribution in [3.05, 3.63) is 29.3 Å². The van der Waals surface area contributed by atoms with E-state index in [2.05, 4.69) is 9.73 Å². The van der Waals surface area contributed by atoms with E-state index in [1.165, 1.54) is 13.2 Å². The summed E-state index contributed by atoms with van der Waals surface area (Å²) in [5.41, 5.74) is -0.269. The minimum Gasteiger partial charge on any atom is -0.497 e. The van der Waals surface area contributed by atoms with Crippen LogP contribution in [0.1, 0.15) is 5.56 Å². The van der Waals surface area contributed by atoms with Gasteiger partial charge < -0.3 is 4.74 Å². The Bertz CT molecular complexity index is 363. The van der Waals surface area contributed by atoms with Gasteiger partial charge in [-0.15, -0.1) is 0 Å². The third-order valence-corrected chi connectivity index (χ3v) is 1.65. The minimum absolute atomic E-state index is 0.0823. The van der Waals surface area contributed by atoms with Gasteiger partial charge in [0, 0.05) is 17.7 Å². The molecule has 0 aliphatic carbocycles. The zero-order chi connectivity index (χ0) is 10.6. The number of ether oxygens (including phenoxy) is 1. The number of hydrogen-bond acceptors (Lipinski definition) is 3. The molecule has 5 heteroatoms. The van der Waals surface area contributed by atoms with Gasteiger partial charge in [-0.1, -0.05) is 0 Å². The molecule has 1 aromatic carbocycles. The summed E-state index contributed by atoms with van der Waals surface area (Å²) in [5, 5.41) is 0. The van der Waals surface area contributed by atoms with Crippen molar-refractivity contribution in [2.24, 2.45) is 4.99 Å². The topological polar surface area (TPSA) is 38.7 Å². The molecular formula is C9H7F2NO2. The van der Waals surface area contributed by atoms with E-state index in [1.807, 2.05) is 0 Å². The molecule has 1 rings (SSSR count). The summed E-state index contributed by atoms with van der Waals surface area (Å²) in [6.07, 6.45) is 1.21. The molecule has 0 N–H and O–H groups in total. The van der Waals surface area contributed by atoms with Crippen LogP contribution >= 0.6 is 0 Å². The van der Waals surface area contributed by atoms with E-state index in [0.29, 0.717) is 0 Å². The Morgan fingerprint density at radius 1 is 1.43 bits per heavy atom. The zero-order valence-corrected chi connectivity index (χ0v) is 7.38. The minimum atomic E-state index is -0.791. The van der Waals surface area contributed by atoms with Gasteiger partial charge in [0.2, 0.25) is 6.08 Å². The Kier molecular flexibility index (Phi) is 3.31. The van der Waals surface area contributed by atoms with Gasteiger partial charge in [0.15, 0.2) is 0 Å². The van der Waals surface area contributed by atoms with E-state index in [4.69, 9.17) is 0 Å². The molecule has 0 spiro atoms. The Hall–Kier alpha value is -1.74. The number of carbonyl (C=O) groups excluding carboxylic acids is 1. The lowest BCUT2D eigenvalue weighted by atomic mass is 10.2. The van der Waals surface area contributed by atoms with Gasteiger partial charge in [0.05, 0.1) is 13.7 Å². The summed E-state index contributed by atoms with van der Waals surface area (Å²) >= 11 is 0. The van der Waals surface area contributed by atoms with Crippen molar-refractivity contribution in [3.63, 3.8) is 0 Å². The maximum absolute atomic E-state index is 13.1. The first-order valence-electron chi connectivity index (χ1n) is 3.74. The predicted octanol–water partition coefficient (Wildman–Crippen LogP) is 1.81. The van der Waals surface area contributed by atoms with Gasteiger partial charge in [-0.2, -0.15) is 0 Å². The van der Waals surface area contributed by atoms with E-state index < -0.39 is 11.6 Å². The summed E-state index contributed by atoms with van der Waals surface area (Å²) in [4.78, 5) is 12.9. The van der Waals surface area contributed by atoms with Crippen molar-refractivity contribution in [2.45, 2.75) is 6.54 Å². The standard InChI is InChI=1S/C9H7F2NO2/c1-14-6-2-8(10)7(4-12-5-13)9(11)3-6/h2-3H,4H2,1H3. The normalized spacial score (nSPS) is 9.36. The number of rotatable bonds is 3. The zero-order valence-electron chi connectivity index (χ0n) is 7.38. The SMILES string of the molecule is COc1cc(F)c(CN=C=O)c(F)c1. The van der Waals surface area contributed by atoms with Crippen LogP contribution in [0.2, 0.25) is 0 Å². The summed E-state index contributed by atoms with van der Waals surface area (Å²) in [7, 11) is 1.30. The van der Waals surface area contributed by atoms with Gasteiger partial charge in [-0.25, -0.2) is 18.6 Å². The number of aliphatic imine (C=N–C) groups is 1. The van der Waals surface area contributed by atoms with Crippen LogP contribution < -0.4 is 4.74 Å². The lowest BCUT2D eigenvalue weighted by Crippen LogP contribution is -1.96. The van der Waals surface area contributed by atoms with Crippen LogP contribution in [0.3, 0.4) is 0 Å². The second-order valence-corrected chi connectivity index (χ2v) is 2.48. The molecule has 0 fully saturated rings. The van der Waals surface area contributed by atoms with Crippen molar-refractivity contribution < 1.29 is 18.3 Å². The highest BCUT2D eigenvalue weighted by Gasteiger charge is 2.10. The number of benzene rings is 1. The number of isocyanates is 1. The van der Waals surface area contributed by atoms with Gasteiger partial charge in [-0.3, -0.25) is 0 Å². The van der Waals surface area contributed by atoms with Gasteiger partial charge >= 0.3 is 0 Å². The van der Waals surface area contributed by atoms with Crippen LogP contribution in [0.15, 0.2) is 17.1 Å². The highest BCUT2D eigenvalue weighted by molar-refractivity contribution is 5.35. The molecule has 74 valence electrons. The molecule has 3 nitrogen and oxygen atoms in total. The molecule has 14 heavy (non-hydrogen) atoms. The quantitative estimate of drug-likeness (QED) is 0.550. The molecule has 0 aromatic heterocycles. The van der Waals surface area contributed by atoms with Gasteiger partial charge in [-0.05, 0) is 0 Å². The van der Waals surface area contributed by atoms with Crippen LogP contribution in [0, 0.1) is 11.6 Å². The Morgan fingerprint density at radius 2 is 2.00 bits per heavy atom. The van der Waals surface area contributed by atoms with E-state index in [-0.39, 0.29) is 17.9 Å². The van der Waals surface area contributed by atoms with Crippen LogP contribution in [0.5, 0.6) is 5.75 Å². The van der Waals surface area contributed by atoms with Crippen molar-refractivity contribution in [3.8, 4) is 5.75 Å². The Morgan fingerprint density at radius 3 is 2.43 bits per heavy atom. The van der Waals surface area contributed by atoms with Gasteiger partial charge in [0.1, 0.15) is 17.4 Å². The van der Waals surface area contributed by atoms with Crippen molar-refractivity contribution in [1.82, 2.24) is 0 Å². The van der Waals surface area contributed by atoms with Crippen molar-refractivity contribution in [1.29, 1.82) is 0 Å². The van der Waals surface area contributed by atoms with E-state index in [1.54, 1.807) is 0 Å². The molecule has 0 bridgehead atoms. The number of hydrogen-bond donors (Lipinski definition) is 0. The largest absolute Gasteiger partial charge is 0.497 e. The first-order chi connectivity index (χ1) is 6.69. The van der Waals surface area contributed by atoms with Crippen molar-refractivity contribution >= 4 is 6.08 Å². The summed E-state index contributed by atoms with van der Waals surface area (Å²) in [5.74, 6) is -1.50. The third kappa shape index (κ3) is 2.14. The van der Waals surface area contributed by atoms with E-state index >= 15 is 0 Å². The average molecular weight is 199 g/mol. The smallest absolute Gasteiger partial charge is 0.235 e. The first-order valence-corrected chi connectivity index (χ1v) is 3.74. The molecule has 0 unspecified atom stereocenters. The van der Waals surface area contributed by atoms with Crippen LogP contribution in [-0.4, -0.2) is 13.2 Å². The first kappa shape index (κ1) is 10.3. The van der Waals surface area contributed by atoms with E-state index in [9.17, 15) is 13.6 Å². The molecule has 0 aliphatic rings. The fraction of sp³-hybridized carbons (Fsp3) is 0.222. The highest BCUT2D eigenvalue weighted by Crippen LogP contribution is 2.20. The van der Waals surface area contributed by atoms with Crippen LogP contribution in [0.4, 0.5) is 8.78 Å². The van der Waals surface area contributed by atoms with Crippen LogP contribution in [-0.2, 0) is 11.3 Å². The monoisotopic (exact) mass is 199 g/mol. The number of halogens is 2. The van der Waals surface area contributed by atoms with Gasteiger partial charge in [0.25, 0.3) is 0 Å². The predicted molar refractivity (Wildman–Crippen MR) is 44.7 cm³/mol. The Balaban J connectivity index is 3.11. The van der Waals surface area contributed by atoms with Crippen molar-refractivity contribution in [2.75, 3.05) is 7.11 Å². The van der Waals surface area contributed by atoms with Crippen LogP contribution in [0.25, 0.3) is 0 Å². The summed E-state index contributed by atoms with van der Waals surface area (Å²) in [6.45, 7) is -0.356. The second-order valence-electron chi connectivity index (χ2n) is 2.48. The molecule has 0 atom stereocenters. The molecular weight excluding hydrogens is 192 g/mol. The molecule has 0 heterocycles. The van der Waals surface area contributed by atoms with E-state index in [0.717, 1.165) is 12.1 Å². The molecule has 1 aromatic rings. The molecule has 0 saturated carbocycles.